The number of rotatable bonds is 5. The van der Waals surface area contributed by atoms with Gasteiger partial charge in [-0.2, -0.15) is 5.10 Å². The van der Waals surface area contributed by atoms with Crippen LogP contribution in [0.1, 0.15) is 51.5 Å². The van der Waals surface area contributed by atoms with Crippen LogP contribution in [0.5, 0.6) is 0 Å². The quantitative estimate of drug-likeness (QED) is 0.778. The Bertz CT molecular complexity index is 494. The first kappa shape index (κ1) is 14.5. The molecule has 0 aromatic carbocycles. The van der Waals surface area contributed by atoms with Crippen molar-refractivity contribution in [2.75, 3.05) is 0 Å². The smallest absolute Gasteiger partial charge is 0.264 e. The maximum atomic E-state index is 11.6. The molecule has 1 aromatic rings. The Kier molecular flexibility index (Phi) is 4.61. The molecule has 0 aliphatic carbocycles. The lowest BCUT2D eigenvalue weighted by atomic mass is 10.2. The van der Waals surface area contributed by atoms with E-state index in [4.69, 9.17) is 10.7 Å². The van der Waals surface area contributed by atoms with Crippen molar-refractivity contribution in [3.8, 4) is 0 Å². The minimum atomic E-state index is -3.72. The number of halogens is 1. The molecule has 6 heteroatoms. The molecule has 1 unspecified atom stereocenters. The van der Waals surface area contributed by atoms with Crippen LogP contribution in [-0.2, 0) is 21.9 Å². The fraction of sp³-hybridized carbons (Fsp3) is 0.727. The van der Waals surface area contributed by atoms with E-state index >= 15 is 0 Å². The lowest BCUT2D eigenvalue weighted by Gasteiger charge is -2.12. The van der Waals surface area contributed by atoms with E-state index in [2.05, 4.69) is 5.10 Å². The largest absolute Gasteiger partial charge is 0.265 e. The Labute approximate surface area is 107 Å². The molecule has 0 N–H and O–H groups in total. The van der Waals surface area contributed by atoms with E-state index in [1.165, 1.54) is 0 Å². The zero-order valence-electron chi connectivity index (χ0n) is 10.7. The summed E-state index contributed by atoms with van der Waals surface area (Å²) < 4.78 is 25.1. The Balaban J connectivity index is 3.52. The zero-order valence-corrected chi connectivity index (χ0v) is 12.3. The molecule has 0 saturated heterocycles. The molecule has 0 saturated carbocycles. The average Bonchev–Trinajstić information content (AvgIpc) is 2.65. The van der Waals surface area contributed by atoms with Crippen LogP contribution in [0.3, 0.4) is 0 Å². The lowest BCUT2D eigenvalue weighted by Crippen LogP contribution is -2.10. The van der Waals surface area contributed by atoms with Crippen molar-refractivity contribution in [3.05, 3.63) is 11.4 Å². The van der Waals surface area contributed by atoms with Crippen LogP contribution in [0.4, 0.5) is 0 Å². The summed E-state index contributed by atoms with van der Waals surface area (Å²) in [6, 6.07) is 0.183. The van der Waals surface area contributed by atoms with Crippen molar-refractivity contribution >= 4 is 19.7 Å². The van der Waals surface area contributed by atoms with Crippen molar-refractivity contribution in [1.29, 1.82) is 0 Å². The summed E-state index contributed by atoms with van der Waals surface area (Å²) in [7, 11) is 1.79. The molecule has 0 bridgehead atoms. The normalized spacial score (nSPS) is 13.9. The van der Waals surface area contributed by atoms with Crippen LogP contribution in [-0.4, -0.2) is 18.2 Å². The molecule has 0 radical (unpaired) electrons. The second-order valence-corrected chi connectivity index (χ2v) is 6.57. The fourth-order valence-electron chi connectivity index (χ4n) is 1.88. The number of hydrogen-bond donors (Lipinski definition) is 0. The summed E-state index contributed by atoms with van der Waals surface area (Å²) in [6.07, 6.45) is 2.08. The van der Waals surface area contributed by atoms with Crippen molar-refractivity contribution < 1.29 is 8.42 Å². The standard InChI is InChI=1S/C11H19ClN2O2S/c1-5-8(4)14-10(7-3)11(17(12,15)16)9(6-2)13-14/h8H,5-7H2,1-4H3. The monoisotopic (exact) mass is 278 g/mol. The third kappa shape index (κ3) is 2.83. The number of hydrogen-bond acceptors (Lipinski definition) is 3. The third-order valence-corrected chi connectivity index (χ3v) is 4.37. The molecule has 98 valence electrons. The highest BCUT2D eigenvalue weighted by Crippen LogP contribution is 2.28. The molecule has 0 fully saturated rings. The van der Waals surface area contributed by atoms with E-state index < -0.39 is 9.05 Å². The van der Waals surface area contributed by atoms with Crippen LogP contribution in [0.25, 0.3) is 0 Å². The summed E-state index contributed by atoms with van der Waals surface area (Å²) in [5, 5.41) is 4.39. The Hall–Kier alpha value is -0.550. The third-order valence-electron chi connectivity index (χ3n) is 2.95. The van der Waals surface area contributed by atoms with E-state index in [-0.39, 0.29) is 10.9 Å². The molecule has 1 rings (SSSR count). The van der Waals surface area contributed by atoms with Gasteiger partial charge >= 0.3 is 0 Å². The second kappa shape index (κ2) is 5.40. The maximum absolute atomic E-state index is 11.6. The predicted octanol–water partition coefficient (Wildman–Crippen LogP) is 2.91. The molecule has 0 aliphatic rings. The molecule has 0 aliphatic heterocycles. The van der Waals surface area contributed by atoms with Gasteiger partial charge < -0.3 is 0 Å². The summed E-state index contributed by atoms with van der Waals surface area (Å²) in [4.78, 5) is 0.212. The first-order chi connectivity index (χ1) is 7.86. The minimum Gasteiger partial charge on any atom is -0.265 e. The SMILES string of the molecule is CCc1nn(C(C)CC)c(CC)c1S(=O)(=O)Cl. The molecule has 1 atom stereocenters. The summed E-state index contributed by atoms with van der Waals surface area (Å²) in [5.74, 6) is 0. The number of nitrogens with zero attached hydrogens (tertiary/aromatic N) is 2. The van der Waals surface area contributed by atoms with Crippen molar-refractivity contribution in [1.82, 2.24) is 9.78 Å². The van der Waals surface area contributed by atoms with Crippen molar-refractivity contribution in [2.45, 2.75) is 57.9 Å². The Morgan fingerprint density at radius 3 is 2.24 bits per heavy atom. The Morgan fingerprint density at radius 2 is 1.88 bits per heavy atom. The van der Waals surface area contributed by atoms with E-state index in [1.54, 1.807) is 4.68 Å². The van der Waals surface area contributed by atoms with Crippen LogP contribution < -0.4 is 0 Å². The van der Waals surface area contributed by atoms with Gasteiger partial charge in [0.2, 0.25) is 0 Å². The van der Waals surface area contributed by atoms with Gasteiger partial charge in [-0.05, 0) is 26.2 Å². The van der Waals surface area contributed by atoms with E-state index in [0.29, 0.717) is 24.2 Å². The fourth-order valence-corrected chi connectivity index (χ4v) is 3.40. The highest BCUT2D eigenvalue weighted by Gasteiger charge is 2.26. The topological polar surface area (TPSA) is 52.0 Å². The van der Waals surface area contributed by atoms with Gasteiger partial charge in [-0.25, -0.2) is 8.42 Å². The molecule has 1 heterocycles. The van der Waals surface area contributed by atoms with Crippen LogP contribution >= 0.6 is 10.7 Å². The molecule has 0 spiro atoms. The Morgan fingerprint density at radius 1 is 1.29 bits per heavy atom. The molecular weight excluding hydrogens is 260 g/mol. The van der Waals surface area contributed by atoms with Gasteiger partial charge in [0.05, 0.1) is 11.4 Å². The van der Waals surface area contributed by atoms with Gasteiger partial charge in [-0.3, -0.25) is 4.68 Å². The average molecular weight is 279 g/mol. The maximum Gasteiger partial charge on any atom is 0.264 e. The number of aryl methyl sites for hydroxylation is 1. The summed E-state index contributed by atoms with van der Waals surface area (Å²) >= 11 is 0. The first-order valence-electron chi connectivity index (χ1n) is 5.91. The summed E-state index contributed by atoms with van der Waals surface area (Å²) in [5.41, 5.74) is 1.28. The van der Waals surface area contributed by atoms with Gasteiger partial charge in [0, 0.05) is 16.7 Å². The van der Waals surface area contributed by atoms with Gasteiger partial charge in [-0.1, -0.05) is 20.8 Å². The number of aromatic nitrogens is 2. The first-order valence-corrected chi connectivity index (χ1v) is 8.22. The van der Waals surface area contributed by atoms with Gasteiger partial charge in [0.25, 0.3) is 9.05 Å². The van der Waals surface area contributed by atoms with Crippen molar-refractivity contribution in [3.63, 3.8) is 0 Å². The lowest BCUT2D eigenvalue weighted by molar-refractivity contribution is 0.457. The van der Waals surface area contributed by atoms with E-state index in [1.807, 2.05) is 27.7 Å². The van der Waals surface area contributed by atoms with Gasteiger partial charge in [0.1, 0.15) is 4.90 Å². The molecule has 1 aromatic heterocycles. The second-order valence-electron chi connectivity index (χ2n) is 4.07. The molecule has 17 heavy (non-hydrogen) atoms. The van der Waals surface area contributed by atoms with Crippen LogP contribution in [0.2, 0.25) is 0 Å². The van der Waals surface area contributed by atoms with E-state index in [9.17, 15) is 8.42 Å². The van der Waals surface area contributed by atoms with E-state index in [0.717, 1.165) is 6.42 Å². The van der Waals surface area contributed by atoms with Gasteiger partial charge in [-0.15, -0.1) is 0 Å². The molecule has 4 nitrogen and oxygen atoms in total. The van der Waals surface area contributed by atoms with Crippen LogP contribution in [0, 0.1) is 0 Å². The minimum absolute atomic E-state index is 0.183. The zero-order chi connectivity index (χ0) is 13.2. The van der Waals surface area contributed by atoms with Crippen molar-refractivity contribution in [2.24, 2.45) is 0 Å². The van der Waals surface area contributed by atoms with Crippen LogP contribution in [0.15, 0.2) is 4.90 Å². The molecule has 0 amide bonds. The highest BCUT2D eigenvalue weighted by atomic mass is 35.7. The molecular formula is C11H19ClN2O2S. The predicted molar refractivity (Wildman–Crippen MR) is 69.0 cm³/mol. The highest BCUT2D eigenvalue weighted by molar-refractivity contribution is 8.13. The summed E-state index contributed by atoms with van der Waals surface area (Å²) in [6.45, 7) is 7.87. The van der Waals surface area contributed by atoms with Gasteiger partial charge in [0.15, 0.2) is 0 Å².